The molecule has 264 valence electrons. The first-order valence-corrected chi connectivity index (χ1v) is 20.2. The van der Waals surface area contributed by atoms with E-state index in [1.54, 1.807) is 0 Å². The van der Waals surface area contributed by atoms with E-state index < -0.39 is 0 Å². The van der Waals surface area contributed by atoms with Crippen LogP contribution in [0.3, 0.4) is 0 Å². The summed E-state index contributed by atoms with van der Waals surface area (Å²) in [6.45, 7) is 7.00. The molecule has 55 heavy (non-hydrogen) atoms. The van der Waals surface area contributed by atoms with Gasteiger partial charge in [0.25, 0.3) is 0 Å². The summed E-state index contributed by atoms with van der Waals surface area (Å²) in [6.07, 6.45) is 11.8. The van der Waals surface area contributed by atoms with E-state index in [0.29, 0.717) is 11.8 Å². The number of fused-ring (bicyclic) bond motifs is 5. The average Bonchev–Trinajstić information content (AvgIpc) is 3.44. The van der Waals surface area contributed by atoms with Gasteiger partial charge in [0.2, 0.25) is 0 Å². The van der Waals surface area contributed by atoms with Gasteiger partial charge < -0.3 is 10.2 Å². The van der Waals surface area contributed by atoms with E-state index in [-0.39, 0.29) is 5.41 Å². The summed E-state index contributed by atoms with van der Waals surface area (Å²) in [7, 11) is 0. The van der Waals surface area contributed by atoms with Gasteiger partial charge in [-0.25, -0.2) is 0 Å². The van der Waals surface area contributed by atoms with E-state index >= 15 is 0 Å². The summed E-state index contributed by atoms with van der Waals surface area (Å²) in [5.74, 6) is 0.782. The van der Waals surface area contributed by atoms with E-state index in [1.165, 1.54) is 98.4 Å². The summed E-state index contributed by atoms with van der Waals surface area (Å²) in [4.78, 5) is 5.02. The standard InChI is InChI=1S/C52H40N2S/c1-32-10-4-5-11-44(32)53-37-24-28-40-39-25-17-33(30-42(39)52(2,3)43(40)31-37)16-18-34-19-20-35-22-27-41-45(29-23-36-21-26-38(34)50(35)51(36)41)54-46-12-6-8-14-48(46)55-49-15-9-7-13-47(49)54/h4-31,40,43,53H,1-3H3/b18-16+. The van der Waals surface area contributed by atoms with Gasteiger partial charge in [0.1, 0.15) is 0 Å². The maximum atomic E-state index is 3.70. The van der Waals surface area contributed by atoms with Gasteiger partial charge in [0.05, 0.1) is 17.1 Å². The molecule has 2 atom stereocenters. The third kappa shape index (κ3) is 5.03. The smallest absolute Gasteiger partial charge is 0.0601 e. The number of aryl methyl sites for hydroxylation is 1. The lowest BCUT2D eigenvalue weighted by Crippen LogP contribution is -2.26. The first kappa shape index (κ1) is 32.4. The molecule has 0 bridgehead atoms. The minimum atomic E-state index is 0.00600. The highest BCUT2D eigenvalue weighted by molar-refractivity contribution is 7.99. The molecular formula is C52H40N2S. The molecule has 0 radical (unpaired) electrons. The molecule has 3 heteroatoms. The van der Waals surface area contributed by atoms with Crippen LogP contribution in [0.5, 0.6) is 0 Å². The van der Waals surface area contributed by atoms with Crippen LogP contribution in [-0.4, -0.2) is 0 Å². The van der Waals surface area contributed by atoms with Gasteiger partial charge in [-0.05, 0) is 115 Å². The third-order valence-corrected chi connectivity index (χ3v) is 13.6. The molecule has 0 spiro atoms. The van der Waals surface area contributed by atoms with E-state index in [0.717, 1.165) is 0 Å². The number of nitrogens with one attached hydrogen (secondary N) is 1. The lowest BCUT2D eigenvalue weighted by Gasteiger charge is -2.34. The maximum Gasteiger partial charge on any atom is 0.0601 e. The fraction of sp³-hybridized carbons (Fsp3) is 0.115. The maximum absolute atomic E-state index is 3.70. The van der Waals surface area contributed by atoms with Crippen LogP contribution in [-0.2, 0) is 5.41 Å². The predicted molar refractivity (Wildman–Crippen MR) is 236 cm³/mol. The number of hydrogen-bond donors (Lipinski definition) is 1. The Morgan fingerprint density at radius 2 is 1.33 bits per heavy atom. The van der Waals surface area contributed by atoms with E-state index in [2.05, 4.69) is 201 Å². The zero-order chi connectivity index (χ0) is 36.8. The van der Waals surface area contributed by atoms with Crippen LogP contribution in [0, 0.1) is 12.8 Å². The molecule has 3 aliphatic rings. The van der Waals surface area contributed by atoms with Crippen molar-refractivity contribution in [2.24, 2.45) is 5.92 Å². The summed E-state index contributed by atoms with van der Waals surface area (Å²) >= 11 is 1.85. The third-order valence-electron chi connectivity index (χ3n) is 12.4. The zero-order valence-electron chi connectivity index (χ0n) is 31.2. The highest BCUT2D eigenvalue weighted by Crippen LogP contribution is 2.55. The van der Waals surface area contributed by atoms with Crippen molar-refractivity contribution in [2.45, 2.75) is 41.9 Å². The molecule has 2 unspecified atom stereocenters. The Morgan fingerprint density at radius 1 is 0.655 bits per heavy atom. The van der Waals surface area contributed by atoms with Crippen molar-refractivity contribution in [1.29, 1.82) is 0 Å². The van der Waals surface area contributed by atoms with Crippen LogP contribution in [0.15, 0.2) is 173 Å². The molecule has 0 amide bonds. The van der Waals surface area contributed by atoms with E-state index in [4.69, 9.17) is 0 Å². The van der Waals surface area contributed by atoms with E-state index in [9.17, 15) is 0 Å². The quantitative estimate of drug-likeness (QED) is 0.141. The normalized spacial score (nSPS) is 18.1. The largest absolute Gasteiger partial charge is 0.356 e. The Kier molecular flexibility index (Phi) is 7.21. The topological polar surface area (TPSA) is 15.3 Å². The molecule has 0 aromatic heterocycles. The fourth-order valence-electron chi connectivity index (χ4n) is 9.59. The Bertz CT molecular complexity index is 2900. The van der Waals surface area contributed by atoms with Crippen LogP contribution in [0.25, 0.3) is 44.5 Å². The van der Waals surface area contributed by atoms with Crippen molar-refractivity contribution in [3.8, 4) is 0 Å². The second kappa shape index (κ2) is 12.2. The molecule has 0 saturated carbocycles. The molecule has 1 N–H and O–H groups in total. The zero-order valence-corrected chi connectivity index (χ0v) is 32.0. The van der Waals surface area contributed by atoms with Crippen LogP contribution in [0.2, 0.25) is 0 Å². The Labute approximate surface area is 326 Å². The van der Waals surface area contributed by atoms with Gasteiger partial charge in [-0.1, -0.05) is 153 Å². The van der Waals surface area contributed by atoms with Gasteiger partial charge >= 0.3 is 0 Å². The number of anilines is 4. The molecule has 2 aliphatic carbocycles. The molecule has 1 aliphatic heterocycles. The Morgan fingerprint density at radius 3 is 2.11 bits per heavy atom. The molecule has 2 nitrogen and oxygen atoms in total. The molecular weight excluding hydrogens is 685 g/mol. The molecule has 11 rings (SSSR count). The summed E-state index contributed by atoms with van der Waals surface area (Å²) in [5.41, 5.74) is 12.7. The lowest BCUT2D eigenvalue weighted by molar-refractivity contribution is 0.393. The second-order valence-corrected chi connectivity index (χ2v) is 17.0. The first-order valence-electron chi connectivity index (χ1n) is 19.3. The minimum Gasteiger partial charge on any atom is -0.356 e. The minimum absolute atomic E-state index is 0.00600. The molecule has 0 fully saturated rings. The predicted octanol–water partition coefficient (Wildman–Crippen LogP) is 14.6. The van der Waals surface area contributed by atoms with Crippen molar-refractivity contribution in [1.82, 2.24) is 0 Å². The number of rotatable bonds is 5. The Balaban J connectivity index is 0.966. The molecule has 0 saturated heterocycles. The van der Waals surface area contributed by atoms with Crippen LogP contribution in [0.1, 0.15) is 47.6 Å². The van der Waals surface area contributed by atoms with Gasteiger partial charge in [-0.2, -0.15) is 0 Å². The second-order valence-electron chi connectivity index (χ2n) is 15.9. The highest BCUT2D eigenvalue weighted by atomic mass is 32.2. The average molecular weight is 725 g/mol. The molecule has 1 heterocycles. The first-order chi connectivity index (χ1) is 26.9. The van der Waals surface area contributed by atoms with Gasteiger partial charge in [0.15, 0.2) is 0 Å². The van der Waals surface area contributed by atoms with Crippen LogP contribution in [0.4, 0.5) is 22.7 Å². The highest BCUT2D eigenvalue weighted by Gasteiger charge is 2.45. The SMILES string of the molecule is Cc1ccccc1NC1=CC2C(C=C1)c1ccc(/C=C/c3ccc4ccc5c(N6c7ccccc7Sc7ccccc76)ccc6ccc3c4c65)cc1C2(C)C. The number of nitrogens with zero attached hydrogens (tertiary/aromatic N) is 1. The number of hydrogen-bond acceptors (Lipinski definition) is 3. The monoisotopic (exact) mass is 724 g/mol. The van der Waals surface area contributed by atoms with Crippen molar-refractivity contribution in [2.75, 3.05) is 10.2 Å². The number of para-hydroxylation sites is 3. The molecule has 8 aromatic rings. The van der Waals surface area contributed by atoms with Gasteiger partial charge in [-0.15, -0.1) is 0 Å². The van der Waals surface area contributed by atoms with Gasteiger partial charge in [-0.3, -0.25) is 0 Å². The van der Waals surface area contributed by atoms with Gasteiger partial charge in [0, 0.05) is 32.5 Å². The summed E-state index contributed by atoms with van der Waals surface area (Å²) in [5, 5.41) is 11.5. The van der Waals surface area contributed by atoms with Crippen molar-refractivity contribution in [3.05, 3.63) is 191 Å². The summed E-state index contributed by atoms with van der Waals surface area (Å²) in [6, 6.07) is 51.7. The van der Waals surface area contributed by atoms with Crippen molar-refractivity contribution in [3.63, 3.8) is 0 Å². The number of benzene rings is 8. The fourth-order valence-corrected chi connectivity index (χ4v) is 10.6. The number of allylic oxidation sites excluding steroid dienone is 3. The molecule has 8 aromatic carbocycles. The van der Waals surface area contributed by atoms with Crippen LogP contribution < -0.4 is 10.2 Å². The van der Waals surface area contributed by atoms with Crippen molar-refractivity contribution < 1.29 is 0 Å². The van der Waals surface area contributed by atoms with Crippen LogP contribution >= 0.6 is 11.8 Å². The van der Waals surface area contributed by atoms with E-state index in [1.807, 2.05) is 11.8 Å². The Hall–Kier alpha value is -6.03. The lowest BCUT2D eigenvalue weighted by atomic mass is 9.74. The van der Waals surface area contributed by atoms with Crippen molar-refractivity contribution >= 4 is 79.0 Å². The summed E-state index contributed by atoms with van der Waals surface area (Å²) < 4.78 is 0.